The summed E-state index contributed by atoms with van der Waals surface area (Å²) in [7, 11) is 0. The minimum Gasteiger partial charge on any atom is -0.296 e. The van der Waals surface area contributed by atoms with Crippen LogP contribution in [0.2, 0.25) is 0 Å². The summed E-state index contributed by atoms with van der Waals surface area (Å²) in [4.78, 5) is 16.3. The normalized spacial score (nSPS) is 14.9. The first-order chi connectivity index (χ1) is 6.77. The molecule has 2 aromatic heterocycles. The largest absolute Gasteiger partial charge is 0.296 e. The lowest BCUT2D eigenvalue weighted by atomic mass is 10.3. The van der Waals surface area contributed by atoms with Gasteiger partial charge in [-0.1, -0.05) is 0 Å². The first kappa shape index (κ1) is 7.73. The van der Waals surface area contributed by atoms with Crippen LogP contribution in [-0.2, 0) is 13.0 Å². The van der Waals surface area contributed by atoms with Gasteiger partial charge in [0.1, 0.15) is 11.2 Å². The van der Waals surface area contributed by atoms with Crippen molar-refractivity contribution < 1.29 is 0 Å². The van der Waals surface area contributed by atoms with Crippen LogP contribution in [0.25, 0.3) is 11.0 Å². The van der Waals surface area contributed by atoms with Crippen LogP contribution in [0.3, 0.4) is 0 Å². The van der Waals surface area contributed by atoms with Crippen molar-refractivity contribution >= 4 is 11.0 Å². The van der Waals surface area contributed by atoms with E-state index in [-0.39, 0.29) is 5.56 Å². The Labute approximate surface area is 79.8 Å². The van der Waals surface area contributed by atoms with E-state index in [9.17, 15) is 4.79 Å². The van der Waals surface area contributed by atoms with Gasteiger partial charge >= 0.3 is 0 Å². The number of nitrogens with zero attached hydrogens (tertiary/aromatic N) is 3. The fourth-order valence-corrected chi connectivity index (χ4v) is 2.00. The Kier molecular flexibility index (Phi) is 1.34. The topological polar surface area (TPSA) is 63.6 Å². The van der Waals surface area contributed by atoms with Gasteiger partial charge in [0.05, 0.1) is 0 Å². The van der Waals surface area contributed by atoms with Crippen LogP contribution in [0.15, 0.2) is 4.79 Å². The molecule has 1 aliphatic rings. The Hall–Kier alpha value is -1.65. The number of aryl methyl sites for hydroxylation is 2. The maximum atomic E-state index is 12.0. The van der Waals surface area contributed by atoms with Gasteiger partial charge in [0.2, 0.25) is 0 Å². The summed E-state index contributed by atoms with van der Waals surface area (Å²) >= 11 is 0. The highest BCUT2D eigenvalue weighted by molar-refractivity contribution is 5.76. The monoisotopic (exact) mass is 190 g/mol. The van der Waals surface area contributed by atoms with Gasteiger partial charge in [-0.25, -0.2) is 4.98 Å². The Morgan fingerprint density at radius 3 is 3.21 bits per heavy atom. The van der Waals surface area contributed by atoms with E-state index in [1.165, 1.54) is 0 Å². The minimum absolute atomic E-state index is 0.0498. The number of aromatic amines is 1. The van der Waals surface area contributed by atoms with Crippen molar-refractivity contribution in [2.45, 2.75) is 26.3 Å². The summed E-state index contributed by atoms with van der Waals surface area (Å²) in [6, 6.07) is 0. The van der Waals surface area contributed by atoms with Crippen molar-refractivity contribution in [3.05, 3.63) is 21.9 Å². The lowest BCUT2D eigenvalue weighted by Gasteiger charge is -2.00. The Bertz CT molecular complexity index is 566. The number of nitrogens with one attached hydrogen (secondary N) is 1. The lowest BCUT2D eigenvalue weighted by Crippen LogP contribution is -2.20. The zero-order valence-electron chi connectivity index (χ0n) is 7.87. The predicted molar refractivity (Wildman–Crippen MR) is 51.2 cm³/mol. The molecule has 0 atom stereocenters. The van der Waals surface area contributed by atoms with E-state index in [0.717, 1.165) is 30.9 Å². The van der Waals surface area contributed by atoms with Crippen LogP contribution in [-0.4, -0.2) is 19.7 Å². The highest BCUT2D eigenvalue weighted by Crippen LogP contribution is 2.14. The molecular formula is C9H10N4O. The van der Waals surface area contributed by atoms with Gasteiger partial charge in [-0.15, -0.1) is 0 Å². The molecule has 14 heavy (non-hydrogen) atoms. The van der Waals surface area contributed by atoms with Gasteiger partial charge < -0.3 is 0 Å². The predicted octanol–water partition coefficient (Wildman–Crippen LogP) is 0.374. The molecule has 1 aliphatic heterocycles. The Morgan fingerprint density at radius 2 is 2.36 bits per heavy atom. The zero-order chi connectivity index (χ0) is 9.71. The van der Waals surface area contributed by atoms with E-state index in [4.69, 9.17) is 0 Å². The highest BCUT2D eigenvalue weighted by atomic mass is 16.1. The maximum Gasteiger partial charge on any atom is 0.264 e. The second-order valence-corrected chi connectivity index (χ2v) is 3.64. The molecule has 0 spiro atoms. The van der Waals surface area contributed by atoms with Crippen molar-refractivity contribution in [2.24, 2.45) is 0 Å². The fourth-order valence-electron chi connectivity index (χ4n) is 2.00. The summed E-state index contributed by atoms with van der Waals surface area (Å²) in [5, 5.41) is 7.44. The van der Waals surface area contributed by atoms with Gasteiger partial charge in [-0.05, 0) is 13.3 Å². The lowest BCUT2D eigenvalue weighted by molar-refractivity contribution is 0.719. The molecule has 3 heterocycles. The van der Waals surface area contributed by atoms with E-state index in [0.29, 0.717) is 11.0 Å². The highest BCUT2D eigenvalue weighted by Gasteiger charge is 2.18. The number of aromatic nitrogens is 4. The SMILES string of the molecule is Cc1[nH]nc2nc3n(c(=O)c12)CCC3. The van der Waals surface area contributed by atoms with Crippen LogP contribution in [0, 0.1) is 6.92 Å². The summed E-state index contributed by atoms with van der Waals surface area (Å²) < 4.78 is 1.75. The number of H-pyrrole nitrogens is 1. The average molecular weight is 190 g/mol. The molecule has 5 nitrogen and oxygen atoms in total. The number of rotatable bonds is 0. The molecule has 0 saturated heterocycles. The average Bonchev–Trinajstić information content (AvgIpc) is 2.74. The van der Waals surface area contributed by atoms with Crippen LogP contribution in [0.5, 0.6) is 0 Å². The number of hydrogen-bond acceptors (Lipinski definition) is 3. The van der Waals surface area contributed by atoms with E-state index in [1.54, 1.807) is 4.57 Å². The van der Waals surface area contributed by atoms with E-state index >= 15 is 0 Å². The number of hydrogen-bond donors (Lipinski definition) is 1. The second-order valence-electron chi connectivity index (χ2n) is 3.64. The van der Waals surface area contributed by atoms with Crippen LogP contribution >= 0.6 is 0 Å². The van der Waals surface area contributed by atoms with Crippen molar-refractivity contribution in [3.8, 4) is 0 Å². The summed E-state index contributed by atoms with van der Waals surface area (Å²) in [5.74, 6) is 0.869. The smallest absolute Gasteiger partial charge is 0.264 e. The van der Waals surface area contributed by atoms with Crippen molar-refractivity contribution in [1.82, 2.24) is 19.7 Å². The third-order valence-electron chi connectivity index (χ3n) is 2.72. The fraction of sp³-hybridized carbons (Fsp3) is 0.444. The first-order valence-corrected chi connectivity index (χ1v) is 4.72. The van der Waals surface area contributed by atoms with Crippen LogP contribution in [0.4, 0.5) is 0 Å². The molecule has 0 unspecified atom stereocenters. The molecular weight excluding hydrogens is 180 g/mol. The zero-order valence-corrected chi connectivity index (χ0v) is 7.87. The molecule has 0 radical (unpaired) electrons. The Morgan fingerprint density at radius 1 is 1.50 bits per heavy atom. The molecule has 0 fully saturated rings. The molecule has 0 saturated carbocycles. The maximum absolute atomic E-state index is 12.0. The van der Waals surface area contributed by atoms with Crippen LogP contribution < -0.4 is 5.56 Å². The standard InChI is InChI=1S/C9H10N4O/c1-5-7-8(12-11-5)10-6-3-2-4-13(6)9(7)14/h2-4H2,1H3,(H,11,12). The van der Waals surface area contributed by atoms with Crippen LogP contribution in [0.1, 0.15) is 17.9 Å². The van der Waals surface area contributed by atoms with Crippen molar-refractivity contribution in [2.75, 3.05) is 0 Å². The Balaban J connectivity index is 2.53. The van der Waals surface area contributed by atoms with Gasteiger partial charge in [0.25, 0.3) is 5.56 Å². The summed E-state index contributed by atoms with van der Waals surface area (Å²) in [6.07, 6.45) is 1.90. The number of fused-ring (bicyclic) bond motifs is 2. The van der Waals surface area contributed by atoms with E-state index < -0.39 is 0 Å². The molecule has 3 rings (SSSR count). The minimum atomic E-state index is 0.0498. The third-order valence-corrected chi connectivity index (χ3v) is 2.72. The van der Waals surface area contributed by atoms with Crippen molar-refractivity contribution in [3.63, 3.8) is 0 Å². The van der Waals surface area contributed by atoms with Gasteiger partial charge in [-0.3, -0.25) is 14.5 Å². The summed E-state index contributed by atoms with van der Waals surface area (Å²) in [5.41, 5.74) is 1.41. The summed E-state index contributed by atoms with van der Waals surface area (Å²) in [6.45, 7) is 2.64. The van der Waals surface area contributed by atoms with E-state index in [2.05, 4.69) is 15.2 Å². The molecule has 0 amide bonds. The first-order valence-electron chi connectivity index (χ1n) is 4.72. The molecule has 0 aromatic carbocycles. The molecule has 2 aromatic rings. The van der Waals surface area contributed by atoms with Gasteiger partial charge in [0.15, 0.2) is 5.65 Å². The molecule has 0 bridgehead atoms. The molecule has 72 valence electrons. The quantitative estimate of drug-likeness (QED) is 0.653. The van der Waals surface area contributed by atoms with Gasteiger partial charge in [-0.2, -0.15) is 5.10 Å². The third kappa shape index (κ3) is 0.814. The van der Waals surface area contributed by atoms with Gasteiger partial charge in [0, 0.05) is 18.7 Å². The molecule has 0 aliphatic carbocycles. The molecule has 5 heteroatoms. The second kappa shape index (κ2) is 2.43. The van der Waals surface area contributed by atoms with E-state index in [1.807, 2.05) is 6.92 Å². The molecule has 1 N–H and O–H groups in total. The van der Waals surface area contributed by atoms with Crippen molar-refractivity contribution in [1.29, 1.82) is 0 Å².